The number of aliphatic carboxylic acids is 1. The predicted octanol–water partition coefficient (Wildman–Crippen LogP) is 7.45. The average molecular weight is 458 g/mol. The van der Waals surface area contributed by atoms with E-state index < -0.39 is 11.4 Å². The lowest BCUT2D eigenvalue weighted by atomic mass is 9.40. The van der Waals surface area contributed by atoms with Gasteiger partial charge >= 0.3 is 5.97 Å². The predicted molar refractivity (Wildman–Crippen MR) is 137 cm³/mol. The van der Waals surface area contributed by atoms with E-state index in [9.17, 15) is 9.90 Å². The molecule has 3 N–H and O–H groups in total. The van der Waals surface area contributed by atoms with Crippen molar-refractivity contribution in [3.05, 3.63) is 12.2 Å². The lowest BCUT2D eigenvalue weighted by Crippen LogP contribution is -2.61. The Kier molecular flexibility index (Phi) is 6.42. The Morgan fingerprint density at radius 2 is 1.52 bits per heavy atom. The summed E-state index contributed by atoms with van der Waals surface area (Å²) in [7, 11) is 0. The Bertz CT molecular complexity index is 788. The molecule has 0 spiro atoms. The van der Waals surface area contributed by atoms with E-state index >= 15 is 0 Å². The summed E-state index contributed by atoms with van der Waals surface area (Å²) < 4.78 is 0. The number of hydrogen-bond donors (Lipinski definition) is 2. The summed E-state index contributed by atoms with van der Waals surface area (Å²) >= 11 is 0. The molecule has 0 amide bonds. The minimum absolute atomic E-state index is 0.196. The molecule has 0 radical (unpaired) electrons. The van der Waals surface area contributed by atoms with Gasteiger partial charge in [-0.05, 0) is 117 Å². The summed E-state index contributed by atoms with van der Waals surface area (Å²) in [6.07, 6.45) is 12.1. The molecule has 3 nitrogen and oxygen atoms in total. The van der Waals surface area contributed by atoms with Gasteiger partial charge in [0.05, 0.1) is 5.41 Å². The molecular formula is C30H51NO2. The van der Waals surface area contributed by atoms with E-state index in [0.29, 0.717) is 40.5 Å². The highest BCUT2D eigenvalue weighted by Gasteiger charge is 2.61. The third-order valence-electron chi connectivity index (χ3n) is 12.5. The van der Waals surface area contributed by atoms with E-state index in [1.165, 1.54) is 31.3 Å². The van der Waals surface area contributed by atoms with Crippen molar-refractivity contribution < 1.29 is 9.90 Å². The first-order valence-corrected chi connectivity index (χ1v) is 13.9. The molecule has 188 valence electrons. The van der Waals surface area contributed by atoms with Crippen molar-refractivity contribution >= 4 is 5.97 Å². The molecule has 4 aliphatic carbocycles. The molecule has 0 aliphatic heterocycles. The van der Waals surface area contributed by atoms with Gasteiger partial charge < -0.3 is 10.8 Å². The van der Waals surface area contributed by atoms with Crippen molar-refractivity contribution in [3.8, 4) is 0 Å². The second-order valence-corrected chi connectivity index (χ2v) is 14.1. The zero-order chi connectivity index (χ0) is 24.4. The van der Waals surface area contributed by atoms with Crippen molar-refractivity contribution in [1.29, 1.82) is 0 Å². The van der Waals surface area contributed by atoms with Gasteiger partial charge in [0.25, 0.3) is 0 Å². The van der Waals surface area contributed by atoms with Gasteiger partial charge in [-0.15, -0.1) is 0 Å². The number of rotatable bonds is 2. The highest BCUT2D eigenvalue weighted by Crippen LogP contribution is 2.68. The number of carbonyl (C=O) groups is 1. The number of fused-ring (bicyclic) bond motifs is 4. The molecule has 4 rings (SSSR count). The van der Waals surface area contributed by atoms with Crippen LogP contribution in [-0.4, -0.2) is 17.1 Å². The average Bonchev–Trinajstić information content (AvgIpc) is 3.11. The summed E-state index contributed by atoms with van der Waals surface area (Å²) in [5.74, 6) is 2.04. The molecule has 0 bridgehead atoms. The maximum atomic E-state index is 12.8. The summed E-state index contributed by atoms with van der Waals surface area (Å²) in [6.45, 7) is 18.9. The van der Waals surface area contributed by atoms with Gasteiger partial charge in [0.15, 0.2) is 0 Å². The molecule has 0 aromatic heterocycles. The Hall–Kier alpha value is -0.830. The van der Waals surface area contributed by atoms with Gasteiger partial charge in [0, 0.05) is 6.04 Å². The fourth-order valence-electron chi connectivity index (χ4n) is 10.2. The summed E-state index contributed by atoms with van der Waals surface area (Å²) in [5.41, 5.74) is 8.18. The molecule has 0 aromatic carbocycles. The van der Waals surface area contributed by atoms with Gasteiger partial charge in [0.1, 0.15) is 0 Å². The number of allylic oxidation sites excluding steroid dienone is 1. The monoisotopic (exact) mass is 457 g/mol. The van der Waals surface area contributed by atoms with Crippen LogP contribution in [-0.2, 0) is 4.79 Å². The van der Waals surface area contributed by atoms with Gasteiger partial charge in [-0.25, -0.2) is 0 Å². The van der Waals surface area contributed by atoms with Crippen LogP contribution in [0.3, 0.4) is 0 Å². The fraction of sp³-hybridized carbons (Fsp3) is 0.900. The molecule has 4 fully saturated rings. The summed E-state index contributed by atoms with van der Waals surface area (Å²) in [5, 5.41) is 10.5. The zero-order valence-corrected chi connectivity index (χ0v) is 22.4. The second kappa shape index (κ2) is 8.38. The smallest absolute Gasteiger partial charge is 0.309 e. The van der Waals surface area contributed by atoms with E-state index in [1.807, 2.05) is 0 Å². The molecule has 0 heterocycles. The van der Waals surface area contributed by atoms with Crippen molar-refractivity contribution in [2.45, 2.75) is 118 Å². The SMILES string of the molecule is C=C(C)[C@@H]1CC[C@]2(C(=O)O)CC[C@@H](C)[C@]3(C)CC[C@H]4C(C)(C)[C@@H](N)CC[C@]4(C)[C@H]3CCC[C@@H]12. The molecule has 4 aliphatic rings. The Morgan fingerprint density at radius 1 is 0.879 bits per heavy atom. The first-order chi connectivity index (χ1) is 15.3. The first-order valence-electron chi connectivity index (χ1n) is 13.9. The molecule has 33 heavy (non-hydrogen) atoms. The van der Waals surface area contributed by atoms with E-state index in [2.05, 4.69) is 48.1 Å². The zero-order valence-electron chi connectivity index (χ0n) is 22.4. The Labute approximate surface area is 203 Å². The number of carboxylic acids is 1. The van der Waals surface area contributed by atoms with Crippen LogP contribution in [0.5, 0.6) is 0 Å². The minimum atomic E-state index is -0.540. The van der Waals surface area contributed by atoms with Crippen molar-refractivity contribution in [1.82, 2.24) is 0 Å². The quantitative estimate of drug-likeness (QED) is 0.423. The standard InChI is InChI=1S/C30H51NO2/c1-19(2)21-12-18-30(26(32)33)17-11-20(3)28(6)15-13-23-27(4,5)25(31)14-16-29(23,7)24(28)10-8-9-22(21)30/h20-25H,1,8-18,31H2,2-7H3,(H,32,33)/t20-,21+,22+,23+,24+,25+,28+,29+,30-/m1/s1. The lowest BCUT2D eigenvalue weighted by Gasteiger charge is -2.65. The van der Waals surface area contributed by atoms with Crippen LogP contribution in [0.4, 0.5) is 0 Å². The van der Waals surface area contributed by atoms with Crippen LogP contribution >= 0.6 is 0 Å². The maximum absolute atomic E-state index is 12.8. The van der Waals surface area contributed by atoms with Gasteiger partial charge in [-0.2, -0.15) is 0 Å². The van der Waals surface area contributed by atoms with Crippen LogP contribution in [0.25, 0.3) is 0 Å². The minimum Gasteiger partial charge on any atom is -0.481 e. The van der Waals surface area contributed by atoms with E-state index in [-0.39, 0.29) is 11.3 Å². The number of hydrogen-bond acceptors (Lipinski definition) is 2. The van der Waals surface area contributed by atoms with Crippen molar-refractivity contribution in [2.75, 3.05) is 0 Å². The fourth-order valence-corrected chi connectivity index (χ4v) is 10.2. The van der Waals surface area contributed by atoms with Crippen LogP contribution in [0.1, 0.15) is 112 Å². The third kappa shape index (κ3) is 3.66. The number of nitrogens with two attached hydrogens (primary N) is 1. The molecule has 4 saturated carbocycles. The van der Waals surface area contributed by atoms with Gasteiger partial charge in [-0.3, -0.25) is 4.79 Å². The van der Waals surface area contributed by atoms with Crippen LogP contribution in [0.2, 0.25) is 0 Å². The van der Waals surface area contributed by atoms with Crippen LogP contribution in [0.15, 0.2) is 12.2 Å². The van der Waals surface area contributed by atoms with Gasteiger partial charge in [-0.1, -0.05) is 53.2 Å². The molecule has 0 saturated heterocycles. The molecule has 9 atom stereocenters. The van der Waals surface area contributed by atoms with Crippen molar-refractivity contribution in [3.63, 3.8) is 0 Å². The molecule has 0 aromatic rings. The maximum Gasteiger partial charge on any atom is 0.309 e. The van der Waals surface area contributed by atoms with E-state index in [4.69, 9.17) is 5.73 Å². The highest BCUT2D eigenvalue weighted by atomic mass is 16.4. The molecule has 0 unspecified atom stereocenters. The Balaban J connectivity index is 1.69. The van der Waals surface area contributed by atoms with Crippen LogP contribution < -0.4 is 5.73 Å². The van der Waals surface area contributed by atoms with Crippen molar-refractivity contribution in [2.24, 2.45) is 57.0 Å². The second-order valence-electron chi connectivity index (χ2n) is 14.1. The summed E-state index contributed by atoms with van der Waals surface area (Å²) in [6, 6.07) is 0.308. The third-order valence-corrected chi connectivity index (χ3v) is 12.5. The summed E-state index contributed by atoms with van der Waals surface area (Å²) in [4.78, 5) is 12.8. The highest BCUT2D eigenvalue weighted by molar-refractivity contribution is 5.75. The van der Waals surface area contributed by atoms with E-state index in [0.717, 1.165) is 44.9 Å². The largest absolute Gasteiger partial charge is 0.481 e. The molecule has 3 heteroatoms. The van der Waals surface area contributed by atoms with Crippen LogP contribution in [0, 0.1) is 51.2 Å². The first kappa shape index (κ1) is 25.3. The normalized spacial score (nSPS) is 49.9. The van der Waals surface area contributed by atoms with Gasteiger partial charge in [0.2, 0.25) is 0 Å². The topological polar surface area (TPSA) is 63.3 Å². The molecular weight excluding hydrogens is 406 g/mol. The Morgan fingerprint density at radius 3 is 2.15 bits per heavy atom. The lowest BCUT2D eigenvalue weighted by molar-refractivity contribution is -0.163. The van der Waals surface area contributed by atoms with E-state index in [1.54, 1.807) is 0 Å². The number of carboxylic acid groups (broad SMARTS) is 1.